The van der Waals surface area contributed by atoms with Crippen molar-refractivity contribution in [2.45, 2.75) is 58.2 Å². The van der Waals surface area contributed by atoms with Gasteiger partial charge >= 0.3 is 0 Å². The third-order valence-corrected chi connectivity index (χ3v) is 11.6. The average Bonchev–Trinajstić information content (AvgIpc) is 2.82. The predicted octanol–water partition coefficient (Wildman–Crippen LogP) is 4.27. The number of hydrogen-bond acceptors (Lipinski definition) is 3. The van der Waals surface area contributed by atoms with Crippen LogP contribution in [0.3, 0.4) is 0 Å². The van der Waals surface area contributed by atoms with Crippen LogP contribution in [0.4, 0.5) is 0 Å². The van der Waals surface area contributed by atoms with Crippen LogP contribution in [0.25, 0.3) is 11.0 Å². The second kappa shape index (κ2) is 5.71. The number of nitrogens with zero attached hydrogens (tertiary/aromatic N) is 3. The molecule has 0 aliphatic carbocycles. The van der Waals surface area contributed by atoms with Crippen molar-refractivity contribution in [2.75, 3.05) is 0 Å². The number of carbonyl (C=O) groups is 1. The quantitative estimate of drug-likeness (QED) is 0.612. The molecule has 0 aliphatic heterocycles. The first-order chi connectivity index (χ1) is 9.87. The summed E-state index contributed by atoms with van der Waals surface area (Å²) in [6.45, 7) is 13.9. The van der Waals surface area contributed by atoms with Crippen LogP contribution in [0.5, 0.6) is 0 Å². The standard InChI is InChI=1S/C16H25N3OSi/c1-11(2)21(12(3)4,13(5)6)19-8-7-14-15(9-20)17-10-18-16(14)19/h7-13H,1-6H3. The van der Waals surface area contributed by atoms with Crippen LogP contribution in [0.1, 0.15) is 52.0 Å². The van der Waals surface area contributed by atoms with E-state index in [-0.39, 0.29) is 0 Å². The highest BCUT2D eigenvalue weighted by molar-refractivity contribution is 6.82. The SMILES string of the molecule is CC(C)[Si](C(C)C)(C(C)C)n1ccc2c(C=O)ncnc21. The Morgan fingerprint density at radius 1 is 1.05 bits per heavy atom. The highest BCUT2D eigenvalue weighted by Crippen LogP contribution is 2.43. The molecule has 0 saturated heterocycles. The van der Waals surface area contributed by atoms with Gasteiger partial charge in [-0.1, -0.05) is 41.5 Å². The van der Waals surface area contributed by atoms with Gasteiger partial charge in [0, 0.05) is 5.39 Å². The maximum atomic E-state index is 11.2. The lowest BCUT2D eigenvalue weighted by molar-refractivity contribution is 0.112. The molecule has 4 nitrogen and oxygen atoms in total. The molecule has 0 atom stereocenters. The van der Waals surface area contributed by atoms with Gasteiger partial charge in [-0.05, 0) is 28.9 Å². The molecule has 0 radical (unpaired) electrons. The van der Waals surface area contributed by atoms with Crippen molar-refractivity contribution in [1.29, 1.82) is 0 Å². The van der Waals surface area contributed by atoms with E-state index in [9.17, 15) is 4.79 Å². The van der Waals surface area contributed by atoms with Crippen molar-refractivity contribution in [3.05, 3.63) is 24.3 Å². The number of aromatic nitrogens is 3. The van der Waals surface area contributed by atoms with Gasteiger partial charge in [-0.3, -0.25) is 4.79 Å². The minimum absolute atomic E-state index is 0.484. The number of fused-ring (bicyclic) bond motifs is 1. The molecule has 21 heavy (non-hydrogen) atoms. The van der Waals surface area contributed by atoms with Crippen molar-refractivity contribution in [1.82, 2.24) is 14.2 Å². The highest BCUT2D eigenvalue weighted by Gasteiger charge is 2.46. The molecule has 5 heteroatoms. The predicted molar refractivity (Wildman–Crippen MR) is 89.4 cm³/mol. The van der Waals surface area contributed by atoms with Gasteiger partial charge in [0.25, 0.3) is 0 Å². The second-order valence-electron chi connectivity index (χ2n) is 6.65. The van der Waals surface area contributed by atoms with Gasteiger partial charge in [0.05, 0.1) is 0 Å². The van der Waals surface area contributed by atoms with Crippen molar-refractivity contribution in [2.24, 2.45) is 0 Å². The van der Waals surface area contributed by atoms with E-state index in [0.29, 0.717) is 22.3 Å². The summed E-state index contributed by atoms with van der Waals surface area (Å²) in [5.74, 6) is 0. The molecule has 2 heterocycles. The van der Waals surface area contributed by atoms with Crippen LogP contribution in [0.15, 0.2) is 18.6 Å². The van der Waals surface area contributed by atoms with Crippen LogP contribution in [0.2, 0.25) is 16.6 Å². The zero-order chi connectivity index (χ0) is 15.8. The summed E-state index contributed by atoms with van der Waals surface area (Å²) in [6, 6.07) is 1.99. The first kappa shape index (κ1) is 15.9. The number of rotatable bonds is 5. The Balaban J connectivity index is 2.81. The first-order valence-corrected chi connectivity index (χ1v) is 9.82. The lowest BCUT2D eigenvalue weighted by Gasteiger charge is -2.44. The van der Waals surface area contributed by atoms with E-state index in [1.54, 1.807) is 0 Å². The van der Waals surface area contributed by atoms with E-state index in [0.717, 1.165) is 17.3 Å². The average molecular weight is 303 g/mol. The van der Waals surface area contributed by atoms with Gasteiger partial charge in [-0.15, -0.1) is 0 Å². The van der Waals surface area contributed by atoms with E-state index in [2.05, 4.69) is 61.9 Å². The Hall–Kier alpha value is -1.49. The Kier molecular flexibility index (Phi) is 4.32. The molecule has 0 unspecified atom stereocenters. The fourth-order valence-electron chi connectivity index (χ4n) is 4.21. The van der Waals surface area contributed by atoms with Gasteiger partial charge in [0.1, 0.15) is 17.7 Å². The summed E-state index contributed by atoms with van der Waals surface area (Å²) in [6.07, 6.45) is 4.44. The molecule has 0 aromatic carbocycles. The van der Waals surface area contributed by atoms with Crippen LogP contribution < -0.4 is 0 Å². The van der Waals surface area contributed by atoms with Gasteiger partial charge in [-0.25, -0.2) is 9.97 Å². The van der Waals surface area contributed by atoms with Crippen LogP contribution >= 0.6 is 0 Å². The number of aldehydes is 1. The molecule has 0 bridgehead atoms. The van der Waals surface area contributed by atoms with Gasteiger partial charge in [0.2, 0.25) is 0 Å². The smallest absolute Gasteiger partial charge is 0.171 e. The molecule has 0 spiro atoms. The number of hydrogen-bond donors (Lipinski definition) is 0. The largest absolute Gasteiger partial charge is 0.358 e. The lowest BCUT2D eigenvalue weighted by Crippen LogP contribution is -2.51. The normalized spacial score (nSPS) is 12.8. The molecule has 0 aliphatic rings. The zero-order valence-electron chi connectivity index (χ0n) is 13.8. The zero-order valence-corrected chi connectivity index (χ0v) is 14.8. The summed E-state index contributed by atoms with van der Waals surface area (Å²) in [7, 11) is -1.84. The maximum absolute atomic E-state index is 11.2. The fourth-order valence-corrected chi connectivity index (χ4v) is 10.8. The lowest BCUT2D eigenvalue weighted by atomic mass is 10.3. The Bertz CT molecular complexity index is 624. The van der Waals surface area contributed by atoms with Crippen LogP contribution in [-0.4, -0.2) is 28.7 Å². The molecule has 114 valence electrons. The minimum atomic E-state index is -1.84. The molecule has 0 amide bonds. The summed E-state index contributed by atoms with van der Waals surface area (Å²) >= 11 is 0. The molecule has 2 aromatic rings. The first-order valence-electron chi connectivity index (χ1n) is 7.65. The molecule has 0 fully saturated rings. The Morgan fingerprint density at radius 3 is 2.10 bits per heavy atom. The highest BCUT2D eigenvalue weighted by atomic mass is 28.3. The van der Waals surface area contributed by atoms with E-state index in [1.807, 2.05) is 6.07 Å². The second-order valence-corrected chi connectivity index (χ2v) is 12.4. The molecule has 2 rings (SSSR count). The van der Waals surface area contributed by atoms with E-state index < -0.39 is 8.24 Å². The van der Waals surface area contributed by atoms with Crippen molar-refractivity contribution < 1.29 is 4.79 Å². The van der Waals surface area contributed by atoms with Gasteiger partial charge in [-0.2, -0.15) is 0 Å². The molecule has 2 aromatic heterocycles. The van der Waals surface area contributed by atoms with Gasteiger partial charge < -0.3 is 4.23 Å². The minimum Gasteiger partial charge on any atom is -0.358 e. The summed E-state index contributed by atoms with van der Waals surface area (Å²) in [5, 5.41) is 0.867. The summed E-state index contributed by atoms with van der Waals surface area (Å²) in [5.41, 5.74) is 3.15. The summed E-state index contributed by atoms with van der Waals surface area (Å²) < 4.78 is 2.40. The Morgan fingerprint density at radius 2 is 1.62 bits per heavy atom. The Labute approximate surface area is 127 Å². The van der Waals surface area contributed by atoms with Crippen molar-refractivity contribution >= 4 is 25.6 Å². The van der Waals surface area contributed by atoms with Crippen LogP contribution in [-0.2, 0) is 0 Å². The third kappa shape index (κ3) is 2.23. The summed E-state index contributed by atoms with van der Waals surface area (Å²) in [4.78, 5) is 19.8. The van der Waals surface area contributed by atoms with E-state index in [4.69, 9.17) is 0 Å². The van der Waals surface area contributed by atoms with Crippen molar-refractivity contribution in [3.8, 4) is 0 Å². The molecular weight excluding hydrogens is 278 g/mol. The van der Waals surface area contributed by atoms with E-state index >= 15 is 0 Å². The number of carbonyl (C=O) groups excluding carboxylic acids is 1. The maximum Gasteiger partial charge on any atom is 0.171 e. The monoisotopic (exact) mass is 303 g/mol. The fraction of sp³-hybridized carbons (Fsp3) is 0.562. The molecular formula is C16H25N3OSi. The van der Waals surface area contributed by atoms with Crippen molar-refractivity contribution in [3.63, 3.8) is 0 Å². The molecule has 0 saturated carbocycles. The third-order valence-electron chi connectivity index (χ3n) is 4.82. The van der Waals surface area contributed by atoms with E-state index in [1.165, 1.54) is 6.33 Å². The topological polar surface area (TPSA) is 47.8 Å². The van der Waals surface area contributed by atoms with Crippen LogP contribution in [0, 0.1) is 0 Å². The van der Waals surface area contributed by atoms with Gasteiger partial charge in [0.15, 0.2) is 14.5 Å². The molecule has 0 N–H and O–H groups in total.